The number of alkyl halides is 3. The fourth-order valence-corrected chi connectivity index (χ4v) is 1.67. The van der Waals surface area contributed by atoms with Crippen molar-refractivity contribution in [2.45, 2.75) is 13.1 Å². The number of fused-ring (bicyclic) bond motifs is 1. The van der Waals surface area contributed by atoms with Crippen LogP contribution >= 0.6 is 15.9 Å². The van der Waals surface area contributed by atoms with Gasteiger partial charge in [0.05, 0.1) is 10.2 Å². The molecule has 0 saturated heterocycles. The lowest BCUT2D eigenvalue weighted by Gasteiger charge is -2.12. The summed E-state index contributed by atoms with van der Waals surface area (Å²) >= 11 is 3.17. The molecule has 0 unspecified atom stereocenters. The summed E-state index contributed by atoms with van der Waals surface area (Å²) in [6, 6.07) is 0. The van der Waals surface area contributed by atoms with Gasteiger partial charge >= 0.3 is 6.18 Å². The molecule has 0 saturated carbocycles. The lowest BCUT2D eigenvalue weighted by atomic mass is 10.4. The van der Waals surface area contributed by atoms with Crippen LogP contribution < -0.4 is 5.32 Å². The highest BCUT2D eigenvalue weighted by atomic mass is 79.9. The highest BCUT2D eigenvalue weighted by molar-refractivity contribution is 9.10. The van der Waals surface area contributed by atoms with Gasteiger partial charge in [-0.15, -0.1) is 0 Å². The normalized spacial score (nSPS) is 12.1. The maximum atomic E-state index is 12.2. The van der Waals surface area contributed by atoms with E-state index in [1.54, 1.807) is 6.92 Å². The van der Waals surface area contributed by atoms with Crippen LogP contribution in [-0.2, 0) is 0 Å². The Bertz CT molecular complexity index is 550. The number of hydrogen-bond donors (Lipinski definition) is 1. The van der Waals surface area contributed by atoms with Crippen molar-refractivity contribution in [1.82, 2.24) is 19.6 Å². The standard InChI is InChI=1S/C8H7BrF3N5/c1-4-5(9)6(13-2-8(10,11)12)17-7(16-4)14-3-15-17/h3,13H,2H2,1H3. The maximum absolute atomic E-state index is 12.2. The summed E-state index contributed by atoms with van der Waals surface area (Å²) in [4.78, 5) is 7.89. The third-order valence-electron chi connectivity index (χ3n) is 1.99. The Morgan fingerprint density at radius 3 is 2.82 bits per heavy atom. The molecule has 0 amide bonds. The molecule has 92 valence electrons. The molecule has 2 aromatic rings. The predicted molar refractivity (Wildman–Crippen MR) is 57.8 cm³/mol. The van der Waals surface area contributed by atoms with E-state index in [-0.39, 0.29) is 11.6 Å². The molecule has 0 fully saturated rings. The van der Waals surface area contributed by atoms with Gasteiger partial charge in [-0.1, -0.05) is 0 Å². The van der Waals surface area contributed by atoms with E-state index < -0.39 is 12.7 Å². The molecule has 17 heavy (non-hydrogen) atoms. The molecule has 5 nitrogen and oxygen atoms in total. The van der Waals surface area contributed by atoms with Gasteiger partial charge in [-0.05, 0) is 22.9 Å². The van der Waals surface area contributed by atoms with E-state index in [0.29, 0.717) is 10.2 Å². The minimum absolute atomic E-state index is 0.183. The molecule has 0 radical (unpaired) electrons. The second-order valence-electron chi connectivity index (χ2n) is 3.30. The van der Waals surface area contributed by atoms with Crippen molar-refractivity contribution in [1.29, 1.82) is 0 Å². The number of anilines is 1. The van der Waals surface area contributed by atoms with E-state index in [4.69, 9.17) is 0 Å². The molecule has 0 aromatic carbocycles. The van der Waals surface area contributed by atoms with E-state index in [9.17, 15) is 13.2 Å². The van der Waals surface area contributed by atoms with Gasteiger partial charge < -0.3 is 5.32 Å². The monoisotopic (exact) mass is 309 g/mol. The van der Waals surface area contributed by atoms with Crippen molar-refractivity contribution in [2.24, 2.45) is 0 Å². The predicted octanol–water partition coefficient (Wildman–Crippen LogP) is 2.17. The third-order valence-corrected chi connectivity index (χ3v) is 2.94. The zero-order valence-electron chi connectivity index (χ0n) is 8.59. The van der Waals surface area contributed by atoms with Gasteiger partial charge in [0.2, 0.25) is 0 Å². The van der Waals surface area contributed by atoms with Crippen LogP contribution in [-0.4, -0.2) is 32.3 Å². The SMILES string of the molecule is Cc1nc2ncnn2c(NCC(F)(F)F)c1Br. The molecule has 9 heteroatoms. The second-order valence-corrected chi connectivity index (χ2v) is 4.09. The van der Waals surface area contributed by atoms with Gasteiger partial charge in [-0.3, -0.25) is 0 Å². The molecule has 0 spiro atoms. The van der Waals surface area contributed by atoms with Crippen LogP contribution in [0.1, 0.15) is 5.69 Å². The molecule has 2 rings (SSSR count). The Morgan fingerprint density at radius 2 is 2.18 bits per heavy atom. The van der Waals surface area contributed by atoms with Crippen LogP contribution in [0.3, 0.4) is 0 Å². The van der Waals surface area contributed by atoms with Crippen molar-refractivity contribution < 1.29 is 13.2 Å². The summed E-state index contributed by atoms with van der Waals surface area (Å²) in [5.41, 5.74) is 0.537. The molecule has 0 aliphatic heterocycles. The fourth-order valence-electron chi connectivity index (χ4n) is 1.27. The molecule has 0 aliphatic rings. The second kappa shape index (κ2) is 4.13. The van der Waals surface area contributed by atoms with Crippen LogP contribution in [0.5, 0.6) is 0 Å². The highest BCUT2D eigenvalue weighted by Crippen LogP contribution is 2.26. The van der Waals surface area contributed by atoms with E-state index in [1.165, 1.54) is 10.8 Å². The zero-order valence-corrected chi connectivity index (χ0v) is 10.2. The number of halogens is 4. The van der Waals surface area contributed by atoms with Gasteiger partial charge in [-0.2, -0.15) is 27.8 Å². The van der Waals surface area contributed by atoms with E-state index >= 15 is 0 Å². The summed E-state index contributed by atoms with van der Waals surface area (Å²) in [5, 5.41) is 6.08. The number of rotatable bonds is 2. The van der Waals surface area contributed by atoms with Gasteiger partial charge in [-0.25, -0.2) is 4.98 Å². The molecule has 0 aliphatic carbocycles. The van der Waals surface area contributed by atoms with Gasteiger partial charge in [0.1, 0.15) is 18.7 Å². The first-order valence-corrected chi connectivity index (χ1v) is 5.34. The first-order chi connectivity index (χ1) is 7.88. The van der Waals surface area contributed by atoms with Gasteiger partial charge in [0, 0.05) is 0 Å². The van der Waals surface area contributed by atoms with E-state index in [2.05, 4.69) is 36.3 Å². The lowest BCUT2D eigenvalue weighted by Crippen LogP contribution is -2.23. The minimum atomic E-state index is -4.30. The largest absolute Gasteiger partial charge is 0.405 e. The summed E-state index contributed by atoms with van der Waals surface area (Å²) < 4.78 is 38.1. The number of nitrogens with one attached hydrogen (secondary N) is 1. The third kappa shape index (κ3) is 2.48. The first-order valence-electron chi connectivity index (χ1n) is 4.55. The summed E-state index contributed by atoms with van der Waals surface area (Å²) in [5.74, 6) is 0.428. The Labute approximate surface area is 102 Å². The quantitative estimate of drug-likeness (QED) is 0.923. The Morgan fingerprint density at radius 1 is 1.47 bits per heavy atom. The topological polar surface area (TPSA) is 55.1 Å². The number of nitrogens with zero attached hydrogens (tertiary/aromatic N) is 4. The number of hydrogen-bond acceptors (Lipinski definition) is 4. The molecule has 0 bridgehead atoms. The number of aromatic nitrogens is 4. The maximum Gasteiger partial charge on any atom is 0.405 e. The van der Waals surface area contributed by atoms with E-state index in [0.717, 1.165) is 0 Å². The molecular formula is C8H7BrF3N5. The molecule has 1 N–H and O–H groups in total. The Kier molecular flexibility index (Phi) is 2.94. The molecule has 2 aromatic heterocycles. The Balaban J connectivity index is 2.44. The van der Waals surface area contributed by atoms with Crippen LogP contribution in [0.4, 0.5) is 19.0 Å². The van der Waals surface area contributed by atoms with Crippen molar-refractivity contribution in [3.63, 3.8) is 0 Å². The van der Waals surface area contributed by atoms with Crippen molar-refractivity contribution in [3.05, 3.63) is 16.5 Å². The smallest absolute Gasteiger partial charge is 0.360 e. The van der Waals surface area contributed by atoms with Crippen molar-refractivity contribution in [3.8, 4) is 0 Å². The average molecular weight is 310 g/mol. The van der Waals surface area contributed by atoms with Crippen LogP contribution in [0.25, 0.3) is 5.78 Å². The molecular weight excluding hydrogens is 303 g/mol. The van der Waals surface area contributed by atoms with Crippen LogP contribution in [0.2, 0.25) is 0 Å². The number of aryl methyl sites for hydroxylation is 1. The fraction of sp³-hybridized carbons (Fsp3) is 0.375. The first kappa shape index (κ1) is 12.1. The van der Waals surface area contributed by atoms with Gasteiger partial charge in [0.15, 0.2) is 0 Å². The zero-order chi connectivity index (χ0) is 12.6. The van der Waals surface area contributed by atoms with Gasteiger partial charge in [0.25, 0.3) is 5.78 Å². The van der Waals surface area contributed by atoms with Crippen molar-refractivity contribution >= 4 is 27.5 Å². The summed E-state index contributed by atoms with van der Waals surface area (Å²) in [6.45, 7) is 0.515. The summed E-state index contributed by atoms with van der Waals surface area (Å²) in [7, 11) is 0. The van der Waals surface area contributed by atoms with E-state index in [1.807, 2.05) is 0 Å². The van der Waals surface area contributed by atoms with Crippen molar-refractivity contribution in [2.75, 3.05) is 11.9 Å². The van der Waals surface area contributed by atoms with Crippen LogP contribution in [0, 0.1) is 6.92 Å². The minimum Gasteiger partial charge on any atom is -0.360 e. The van der Waals surface area contributed by atoms with Crippen LogP contribution in [0.15, 0.2) is 10.8 Å². The lowest BCUT2D eigenvalue weighted by molar-refractivity contribution is -0.115. The molecule has 2 heterocycles. The average Bonchev–Trinajstić information content (AvgIpc) is 2.64. The molecule has 0 atom stereocenters. The Hall–Kier alpha value is -1.38. The summed E-state index contributed by atoms with van der Waals surface area (Å²) in [6.07, 6.45) is -3.07. The highest BCUT2D eigenvalue weighted by Gasteiger charge is 2.28.